The predicted molar refractivity (Wildman–Crippen MR) is 75.5 cm³/mol. The molecule has 2 aliphatic rings. The lowest BCUT2D eigenvalue weighted by molar-refractivity contribution is -0.0633. The highest BCUT2D eigenvalue weighted by molar-refractivity contribution is 5.92. The van der Waals surface area contributed by atoms with E-state index in [9.17, 15) is 9.90 Å². The van der Waals surface area contributed by atoms with Crippen LogP contribution in [-0.4, -0.2) is 35.8 Å². The minimum absolute atomic E-state index is 0.0959. The van der Waals surface area contributed by atoms with Crippen molar-refractivity contribution in [1.29, 1.82) is 0 Å². The lowest BCUT2D eigenvalue weighted by Crippen LogP contribution is -2.35. The molecule has 2 N–H and O–H groups in total. The molecule has 108 valence electrons. The molecular formula is C15H20N2O3. The maximum Gasteiger partial charge on any atom is 0.321 e. The van der Waals surface area contributed by atoms with E-state index < -0.39 is 6.10 Å². The van der Waals surface area contributed by atoms with Crippen molar-refractivity contribution in [3.8, 4) is 0 Å². The highest BCUT2D eigenvalue weighted by Gasteiger charge is 2.26. The fraction of sp³-hybridized carbons (Fsp3) is 0.533. The fourth-order valence-corrected chi connectivity index (χ4v) is 2.82. The third-order valence-electron chi connectivity index (χ3n) is 4.03. The monoisotopic (exact) mass is 276 g/mol. The van der Waals surface area contributed by atoms with Crippen LogP contribution >= 0.6 is 0 Å². The Hall–Kier alpha value is -1.59. The molecule has 1 aromatic rings. The van der Waals surface area contributed by atoms with Crippen molar-refractivity contribution in [3.63, 3.8) is 0 Å². The summed E-state index contributed by atoms with van der Waals surface area (Å²) >= 11 is 0. The van der Waals surface area contributed by atoms with Gasteiger partial charge in [-0.05, 0) is 42.5 Å². The Kier molecular flexibility index (Phi) is 3.63. The topological polar surface area (TPSA) is 61.8 Å². The first-order valence-electron chi connectivity index (χ1n) is 7.10. The van der Waals surface area contributed by atoms with E-state index in [-0.39, 0.29) is 12.1 Å². The van der Waals surface area contributed by atoms with E-state index in [1.165, 1.54) is 0 Å². The summed E-state index contributed by atoms with van der Waals surface area (Å²) in [5, 5.41) is 13.3. The van der Waals surface area contributed by atoms with Gasteiger partial charge in [-0.15, -0.1) is 0 Å². The first kappa shape index (κ1) is 13.4. The van der Waals surface area contributed by atoms with Gasteiger partial charge in [0.25, 0.3) is 0 Å². The summed E-state index contributed by atoms with van der Waals surface area (Å²) < 4.78 is 5.65. The second kappa shape index (κ2) is 5.42. The van der Waals surface area contributed by atoms with Crippen LogP contribution in [0.4, 0.5) is 10.5 Å². The SMILES string of the molecule is CN1Cc2cc(C(O)C3CCCCO3)ccc2NC1=O. The smallest absolute Gasteiger partial charge is 0.321 e. The Balaban J connectivity index is 1.81. The van der Waals surface area contributed by atoms with Crippen molar-refractivity contribution >= 4 is 11.7 Å². The van der Waals surface area contributed by atoms with Gasteiger partial charge in [0.2, 0.25) is 0 Å². The molecule has 20 heavy (non-hydrogen) atoms. The number of amides is 2. The molecule has 3 rings (SSSR count). The number of rotatable bonds is 2. The van der Waals surface area contributed by atoms with Crippen molar-refractivity contribution in [2.24, 2.45) is 0 Å². The second-order valence-corrected chi connectivity index (χ2v) is 5.55. The average molecular weight is 276 g/mol. The third-order valence-corrected chi connectivity index (χ3v) is 4.03. The van der Waals surface area contributed by atoms with Crippen molar-refractivity contribution in [1.82, 2.24) is 4.90 Å². The van der Waals surface area contributed by atoms with Crippen molar-refractivity contribution in [3.05, 3.63) is 29.3 Å². The van der Waals surface area contributed by atoms with Crippen molar-refractivity contribution in [2.45, 2.75) is 38.0 Å². The average Bonchev–Trinajstić information content (AvgIpc) is 2.48. The molecule has 2 unspecified atom stereocenters. The largest absolute Gasteiger partial charge is 0.386 e. The van der Waals surface area contributed by atoms with Crippen LogP contribution in [0.3, 0.4) is 0 Å². The Labute approximate surface area is 118 Å². The van der Waals surface area contributed by atoms with E-state index in [0.717, 1.165) is 42.7 Å². The van der Waals surface area contributed by atoms with E-state index in [1.807, 2.05) is 18.2 Å². The van der Waals surface area contributed by atoms with Gasteiger partial charge < -0.3 is 20.1 Å². The van der Waals surface area contributed by atoms with Crippen LogP contribution in [0, 0.1) is 0 Å². The first-order chi connectivity index (χ1) is 9.65. The van der Waals surface area contributed by atoms with Gasteiger partial charge >= 0.3 is 6.03 Å². The minimum Gasteiger partial charge on any atom is -0.386 e. The van der Waals surface area contributed by atoms with E-state index in [4.69, 9.17) is 4.74 Å². The molecule has 2 amide bonds. The summed E-state index contributed by atoms with van der Waals surface area (Å²) in [6.07, 6.45) is 2.37. The number of anilines is 1. The normalized spacial score (nSPS) is 24.0. The van der Waals surface area contributed by atoms with Gasteiger partial charge in [-0.2, -0.15) is 0 Å². The van der Waals surface area contributed by atoms with Crippen LogP contribution in [-0.2, 0) is 11.3 Å². The van der Waals surface area contributed by atoms with E-state index in [1.54, 1.807) is 11.9 Å². The molecule has 2 atom stereocenters. The Bertz CT molecular complexity index is 512. The molecule has 0 radical (unpaired) electrons. The van der Waals surface area contributed by atoms with E-state index in [0.29, 0.717) is 6.54 Å². The highest BCUT2D eigenvalue weighted by Crippen LogP contribution is 2.30. The molecule has 0 spiro atoms. The molecule has 1 fully saturated rings. The zero-order valence-corrected chi connectivity index (χ0v) is 11.6. The molecular weight excluding hydrogens is 256 g/mol. The summed E-state index contributed by atoms with van der Waals surface area (Å²) in [5.74, 6) is 0. The molecule has 1 aromatic carbocycles. The van der Waals surface area contributed by atoms with Gasteiger partial charge in [-0.1, -0.05) is 6.07 Å². The number of carbonyl (C=O) groups excluding carboxylic acids is 1. The Morgan fingerprint density at radius 2 is 2.30 bits per heavy atom. The Morgan fingerprint density at radius 1 is 1.45 bits per heavy atom. The molecule has 5 heteroatoms. The Morgan fingerprint density at radius 3 is 3.05 bits per heavy atom. The quantitative estimate of drug-likeness (QED) is 0.871. The molecule has 2 heterocycles. The molecule has 5 nitrogen and oxygen atoms in total. The number of aliphatic hydroxyl groups excluding tert-OH is 1. The number of nitrogens with one attached hydrogen (secondary N) is 1. The summed E-state index contributed by atoms with van der Waals surface area (Å²) in [5.41, 5.74) is 2.72. The van der Waals surface area contributed by atoms with Gasteiger partial charge in [-0.25, -0.2) is 4.79 Å². The number of ether oxygens (including phenoxy) is 1. The zero-order valence-electron chi connectivity index (χ0n) is 11.6. The summed E-state index contributed by atoms with van der Waals surface area (Å²) in [6, 6.07) is 5.60. The number of aliphatic hydroxyl groups is 1. The molecule has 0 aromatic heterocycles. The van der Waals surface area contributed by atoms with Crippen molar-refractivity contribution in [2.75, 3.05) is 19.0 Å². The summed E-state index contributed by atoms with van der Waals surface area (Å²) in [6.45, 7) is 1.29. The number of benzene rings is 1. The fourth-order valence-electron chi connectivity index (χ4n) is 2.82. The zero-order chi connectivity index (χ0) is 14.1. The van der Waals surface area contributed by atoms with Gasteiger partial charge in [0.15, 0.2) is 0 Å². The van der Waals surface area contributed by atoms with Crippen LogP contribution in [0.25, 0.3) is 0 Å². The minimum atomic E-state index is -0.594. The van der Waals surface area contributed by atoms with Crippen LogP contribution in [0.15, 0.2) is 18.2 Å². The van der Waals surface area contributed by atoms with Gasteiger partial charge in [0, 0.05) is 25.9 Å². The number of hydrogen-bond donors (Lipinski definition) is 2. The highest BCUT2D eigenvalue weighted by atomic mass is 16.5. The van der Waals surface area contributed by atoms with Crippen LogP contribution < -0.4 is 5.32 Å². The maximum atomic E-state index is 11.6. The third kappa shape index (κ3) is 2.51. The number of hydrogen-bond acceptors (Lipinski definition) is 3. The maximum absolute atomic E-state index is 11.6. The lowest BCUT2D eigenvalue weighted by Gasteiger charge is -2.29. The molecule has 1 saturated heterocycles. The number of carbonyl (C=O) groups is 1. The second-order valence-electron chi connectivity index (χ2n) is 5.55. The van der Waals surface area contributed by atoms with Crippen LogP contribution in [0.2, 0.25) is 0 Å². The van der Waals surface area contributed by atoms with Crippen LogP contribution in [0.1, 0.15) is 36.5 Å². The number of fused-ring (bicyclic) bond motifs is 1. The molecule has 0 saturated carbocycles. The number of urea groups is 1. The van der Waals surface area contributed by atoms with Gasteiger partial charge in [-0.3, -0.25) is 0 Å². The molecule has 0 bridgehead atoms. The lowest BCUT2D eigenvalue weighted by atomic mass is 9.96. The predicted octanol–water partition coefficient (Wildman–Crippen LogP) is 2.27. The van der Waals surface area contributed by atoms with Crippen molar-refractivity contribution < 1.29 is 14.6 Å². The standard InChI is InChI=1S/C15H20N2O3/c1-17-9-11-8-10(5-6-12(11)16-15(17)19)14(18)13-4-2-3-7-20-13/h5-6,8,13-14,18H,2-4,7,9H2,1H3,(H,16,19). The number of nitrogens with zero attached hydrogens (tertiary/aromatic N) is 1. The summed E-state index contributed by atoms with van der Waals surface area (Å²) in [7, 11) is 1.76. The molecule has 2 aliphatic heterocycles. The van der Waals surface area contributed by atoms with E-state index in [2.05, 4.69) is 5.32 Å². The summed E-state index contributed by atoms with van der Waals surface area (Å²) in [4.78, 5) is 13.2. The van der Waals surface area contributed by atoms with Gasteiger partial charge in [0.1, 0.15) is 6.10 Å². The van der Waals surface area contributed by atoms with E-state index >= 15 is 0 Å². The van der Waals surface area contributed by atoms with Crippen LogP contribution in [0.5, 0.6) is 0 Å². The first-order valence-corrected chi connectivity index (χ1v) is 7.10. The molecule has 0 aliphatic carbocycles. The van der Waals surface area contributed by atoms with Gasteiger partial charge in [0.05, 0.1) is 6.10 Å².